The number of aryl methyl sites for hydroxylation is 2. The lowest BCUT2D eigenvalue weighted by atomic mass is 10.1. The minimum Gasteiger partial charge on any atom is -0.455 e. The average Bonchev–Trinajstić information content (AvgIpc) is 2.43. The number of nitriles is 1. The minimum atomic E-state index is -0.574. The van der Waals surface area contributed by atoms with E-state index in [-0.39, 0.29) is 0 Å². The molecule has 0 unspecified atom stereocenters. The molecule has 2 rings (SSSR count). The van der Waals surface area contributed by atoms with Gasteiger partial charge in [0.2, 0.25) is 0 Å². The van der Waals surface area contributed by atoms with Gasteiger partial charge in [-0.1, -0.05) is 17.7 Å². The van der Waals surface area contributed by atoms with Gasteiger partial charge in [-0.05, 0) is 61.7 Å². The minimum absolute atomic E-state index is 0.441. The Morgan fingerprint density at radius 2 is 1.81 bits per heavy atom. The Labute approximate surface area is 129 Å². The summed E-state index contributed by atoms with van der Waals surface area (Å²) in [6.45, 7) is 5.46. The molecule has 1 N–H and O–H groups in total. The molecule has 0 fully saturated rings. The van der Waals surface area contributed by atoms with Crippen molar-refractivity contribution in [3.63, 3.8) is 0 Å². The summed E-state index contributed by atoms with van der Waals surface area (Å²) in [7, 11) is 0. The molecule has 0 saturated carbocycles. The molecule has 4 heteroatoms. The lowest BCUT2D eigenvalue weighted by Crippen LogP contribution is -1.95. The second kappa shape index (κ2) is 6.17. The van der Waals surface area contributed by atoms with Crippen LogP contribution in [-0.4, -0.2) is 5.11 Å². The van der Waals surface area contributed by atoms with E-state index in [0.29, 0.717) is 22.1 Å². The van der Waals surface area contributed by atoms with Gasteiger partial charge in [-0.25, -0.2) is 0 Å². The molecule has 0 aromatic heterocycles. The van der Waals surface area contributed by atoms with Crippen LogP contribution in [0.2, 0.25) is 5.02 Å². The molecule has 21 heavy (non-hydrogen) atoms. The fraction of sp³-hybridized carbons (Fsp3) is 0.235. The van der Waals surface area contributed by atoms with Crippen molar-refractivity contribution in [2.24, 2.45) is 0 Å². The van der Waals surface area contributed by atoms with E-state index in [1.165, 1.54) is 0 Å². The Balaban J connectivity index is 2.37. The number of halogens is 1. The fourth-order valence-corrected chi connectivity index (χ4v) is 2.37. The number of ether oxygens (including phenoxy) is 1. The lowest BCUT2D eigenvalue weighted by molar-refractivity contribution is 0.199. The molecule has 0 radical (unpaired) electrons. The predicted molar refractivity (Wildman–Crippen MR) is 82.8 cm³/mol. The highest BCUT2D eigenvalue weighted by Crippen LogP contribution is 2.35. The van der Waals surface area contributed by atoms with Gasteiger partial charge in [0, 0.05) is 0 Å². The molecule has 2 aromatic carbocycles. The van der Waals surface area contributed by atoms with Gasteiger partial charge in [0.1, 0.15) is 11.5 Å². The third kappa shape index (κ3) is 3.36. The summed E-state index contributed by atoms with van der Waals surface area (Å²) in [6, 6.07) is 10.9. The Morgan fingerprint density at radius 1 is 1.19 bits per heavy atom. The van der Waals surface area contributed by atoms with Crippen LogP contribution in [0.25, 0.3) is 0 Å². The zero-order valence-corrected chi connectivity index (χ0v) is 12.9. The van der Waals surface area contributed by atoms with Crippen LogP contribution < -0.4 is 4.74 Å². The molecule has 0 aliphatic rings. The van der Waals surface area contributed by atoms with Gasteiger partial charge in [-0.15, -0.1) is 0 Å². The van der Waals surface area contributed by atoms with E-state index < -0.39 is 6.10 Å². The third-order valence-electron chi connectivity index (χ3n) is 3.24. The first-order chi connectivity index (χ1) is 9.92. The van der Waals surface area contributed by atoms with Crippen LogP contribution in [0.3, 0.4) is 0 Å². The van der Waals surface area contributed by atoms with Crippen molar-refractivity contribution < 1.29 is 9.84 Å². The number of hydrogen-bond donors (Lipinski definition) is 1. The summed E-state index contributed by atoms with van der Waals surface area (Å²) >= 11 is 6.20. The van der Waals surface area contributed by atoms with Crippen LogP contribution >= 0.6 is 11.6 Å². The van der Waals surface area contributed by atoms with Crippen molar-refractivity contribution in [1.82, 2.24) is 0 Å². The van der Waals surface area contributed by atoms with Gasteiger partial charge < -0.3 is 9.84 Å². The molecule has 0 aliphatic heterocycles. The molecule has 0 saturated heterocycles. The molecular weight excluding hydrogens is 286 g/mol. The number of nitrogens with zero attached hydrogens (tertiary/aromatic N) is 1. The smallest absolute Gasteiger partial charge is 0.146 e. The number of benzene rings is 2. The van der Waals surface area contributed by atoms with E-state index in [0.717, 1.165) is 16.7 Å². The summed E-state index contributed by atoms with van der Waals surface area (Å²) in [5, 5.41) is 18.9. The van der Waals surface area contributed by atoms with Crippen LogP contribution in [0.1, 0.15) is 35.3 Å². The maximum absolute atomic E-state index is 9.54. The first-order valence-electron chi connectivity index (χ1n) is 6.59. The van der Waals surface area contributed by atoms with Crippen molar-refractivity contribution >= 4 is 11.6 Å². The lowest BCUT2D eigenvalue weighted by Gasteiger charge is -2.14. The first-order valence-corrected chi connectivity index (χ1v) is 6.97. The molecular formula is C17H16ClNO2. The van der Waals surface area contributed by atoms with Gasteiger partial charge in [-0.3, -0.25) is 0 Å². The normalized spacial score (nSPS) is 11.8. The molecule has 0 aliphatic carbocycles. The number of rotatable bonds is 3. The summed E-state index contributed by atoms with van der Waals surface area (Å²) < 4.78 is 5.88. The van der Waals surface area contributed by atoms with Crippen LogP contribution in [-0.2, 0) is 0 Å². The standard InChI is InChI=1S/C17H16ClNO2/c1-10-6-13(9-19)7-11(2)17(10)21-16-5-4-14(12(3)20)8-15(16)18/h4-8,12,20H,1-3H3/t12-/m1/s1. The number of aliphatic hydroxyl groups excluding tert-OH is 1. The van der Waals surface area contributed by atoms with Crippen LogP contribution in [0.4, 0.5) is 0 Å². The largest absolute Gasteiger partial charge is 0.455 e. The van der Waals surface area contributed by atoms with E-state index in [1.807, 2.05) is 13.8 Å². The van der Waals surface area contributed by atoms with E-state index in [4.69, 9.17) is 21.6 Å². The summed E-state index contributed by atoms with van der Waals surface area (Å²) in [5.74, 6) is 1.22. The van der Waals surface area contributed by atoms with E-state index in [1.54, 1.807) is 37.3 Å². The van der Waals surface area contributed by atoms with Crippen molar-refractivity contribution in [1.29, 1.82) is 5.26 Å². The molecule has 0 amide bonds. The number of hydrogen-bond acceptors (Lipinski definition) is 3. The van der Waals surface area contributed by atoms with Crippen molar-refractivity contribution in [2.45, 2.75) is 26.9 Å². The highest BCUT2D eigenvalue weighted by Gasteiger charge is 2.11. The van der Waals surface area contributed by atoms with Crippen molar-refractivity contribution in [3.8, 4) is 17.6 Å². The van der Waals surface area contributed by atoms with E-state index in [9.17, 15) is 5.11 Å². The molecule has 1 atom stereocenters. The molecule has 0 bridgehead atoms. The Hall–Kier alpha value is -2.02. The van der Waals surface area contributed by atoms with Crippen LogP contribution in [0, 0.1) is 25.2 Å². The Kier molecular flexibility index (Phi) is 4.52. The second-order valence-electron chi connectivity index (χ2n) is 5.02. The highest BCUT2D eigenvalue weighted by atomic mass is 35.5. The fourth-order valence-electron chi connectivity index (χ4n) is 2.15. The molecule has 108 valence electrons. The summed E-state index contributed by atoms with van der Waals surface area (Å²) in [6.07, 6.45) is -0.574. The summed E-state index contributed by atoms with van der Waals surface area (Å²) in [5.41, 5.74) is 3.10. The Morgan fingerprint density at radius 3 is 2.29 bits per heavy atom. The quantitative estimate of drug-likeness (QED) is 0.896. The molecule has 3 nitrogen and oxygen atoms in total. The first kappa shape index (κ1) is 15.4. The van der Waals surface area contributed by atoms with Gasteiger partial charge in [-0.2, -0.15) is 5.26 Å². The highest BCUT2D eigenvalue weighted by molar-refractivity contribution is 6.32. The van der Waals surface area contributed by atoms with Crippen molar-refractivity contribution in [3.05, 3.63) is 57.6 Å². The zero-order valence-electron chi connectivity index (χ0n) is 12.1. The Bertz CT molecular complexity index is 694. The molecule has 0 spiro atoms. The van der Waals surface area contributed by atoms with Crippen molar-refractivity contribution in [2.75, 3.05) is 0 Å². The summed E-state index contributed by atoms with van der Waals surface area (Å²) in [4.78, 5) is 0. The molecule has 2 aromatic rings. The van der Waals surface area contributed by atoms with Gasteiger partial charge in [0.25, 0.3) is 0 Å². The second-order valence-corrected chi connectivity index (χ2v) is 5.43. The predicted octanol–water partition coefficient (Wildman–Crippen LogP) is 4.67. The van der Waals surface area contributed by atoms with Crippen LogP contribution in [0.5, 0.6) is 11.5 Å². The van der Waals surface area contributed by atoms with E-state index in [2.05, 4.69) is 6.07 Å². The number of aliphatic hydroxyl groups is 1. The average molecular weight is 302 g/mol. The topological polar surface area (TPSA) is 53.2 Å². The maximum atomic E-state index is 9.54. The van der Waals surface area contributed by atoms with Gasteiger partial charge in [0.15, 0.2) is 0 Å². The van der Waals surface area contributed by atoms with Gasteiger partial charge in [0.05, 0.1) is 22.8 Å². The SMILES string of the molecule is Cc1cc(C#N)cc(C)c1Oc1ccc([C@@H](C)O)cc1Cl. The monoisotopic (exact) mass is 301 g/mol. The maximum Gasteiger partial charge on any atom is 0.146 e. The zero-order chi connectivity index (χ0) is 15.6. The van der Waals surface area contributed by atoms with Gasteiger partial charge >= 0.3 is 0 Å². The molecule has 0 heterocycles. The van der Waals surface area contributed by atoms with Crippen LogP contribution in [0.15, 0.2) is 30.3 Å². The third-order valence-corrected chi connectivity index (χ3v) is 3.54. The van der Waals surface area contributed by atoms with E-state index >= 15 is 0 Å².